The maximum atomic E-state index is 13.6. The van der Waals surface area contributed by atoms with E-state index in [1.54, 1.807) is 16.8 Å². The number of nitrogens with zero attached hydrogens (tertiary/aromatic N) is 3. The predicted octanol–water partition coefficient (Wildman–Crippen LogP) is 2.58. The summed E-state index contributed by atoms with van der Waals surface area (Å²) in [6.45, 7) is 0.428. The van der Waals surface area contributed by atoms with Crippen LogP contribution in [-0.2, 0) is 17.6 Å². The highest BCUT2D eigenvalue weighted by molar-refractivity contribution is 5.96. The van der Waals surface area contributed by atoms with Gasteiger partial charge in [-0.3, -0.25) is 4.79 Å². The Hall–Kier alpha value is -2.70. The number of hydrogen-bond acceptors (Lipinski definition) is 3. The molecule has 1 saturated heterocycles. The molecule has 7 heteroatoms. The van der Waals surface area contributed by atoms with Crippen LogP contribution in [0.25, 0.3) is 5.69 Å². The normalized spacial score (nSPS) is 19.4. The van der Waals surface area contributed by atoms with Gasteiger partial charge in [0.05, 0.1) is 5.69 Å². The SMILES string of the molecule is O=C(O)C1CCCCN1C(=O)c1nn(-c2cccc(F)c2)c2c1CCC2. The van der Waals surface area contributed by atoms with Crippen molar-refractivity contribution in [2.75, 3.05) is 6.54 Å². The number of fused-ring (bicyclic) bond motifs is 1. The van der Waals surface area contributed by atoms with Crippen LogP contribution in [-0.4, -0.2) is 44.3 Å². The van der Waals surface area contributed by atoms with Crippen molar-refractivity contribution in [3.8, 4) is 5.69 Å². The van der Waals surface area contributed by atoms with Crippen LogP contribution < -0.4 is 0 Å². The average Bonchev–Trinajstić information content (AvgIpc) is 3.23. The van der Waals surface area contributed by atoms with Crippen molar-refractivity contribution in [2.24, 2.45) is 0 Å². The highest BCUT2D eigenvalue weighted by Gasteiger charge is 2.36. The Kier molecular flexibility index (Phi) is 4.22. The number of halogens is 1. The van der Waals surface area contributed by atoms with Crippen LogP contribution in [0.1, 0.15) is 47.4 Å². The number of benzene rings is 1. The summed E-state index contributed by atoms with van der Waals surface area (Å²) in [5.74, 6) is -1.66. The summed E-state index contributed by atoms with van der Waals surface area (Å²) in [4.78, 5) is 26.1. The maximum absolute atomic E-state index is 13.6. The Morgan fingerprint density at radius 3 is 2.81 bits per heavy atom. The molecule has 0 spiro atoms. The maximum Gasteiger partial charge on any atom is 0.326 e. The zero-order chi connectivity index (χ0) is 18.3. The summed E-state index contributed by atoms with van der Waals surface area (Å²) in [5, 5.41) is 13.9. The van der Waals surface area contributed by atoms with Gasteiger partial charge >= 0.3 is 5.97 Å². The van der Waals surface area contributed by atoms with Crippen molar-refractivity contribution in [1.82, 2.24) is 14.7 Å². The van der Waals surface area contributed by atoms with E-state index in [1.807, 2.05) is 0 Å². The summed E-state index contributed by atoms with van der Waals surface area (Å²) in [7, 11) is 0. The van der Waals surface area contributed by atoms with Gasteiger partial charge in [0.1, 0.15) is 11.9 Å². The molecule has 2 aliphatic rings. The zero-order valence-corrected chi connectivity index (χ0v) is 14.3. The van der Waals surface area contributed by atoms with Gasteiger partial charge in [-0.1, -0.05) is 6.07 Å². The number of likely N-dealkylation sites (tertiary alicyclic amines) is 1. The average molecular weight is 357 g/mol. The second kappa shape index (κ2) is 6.55. The Morgan fingerprint density at radius 2 is 2.04 bits per heavy atom. The molecule has 1 aromatic carbocycles. The number of hydrogen-bond donors (Lipinski definition) is 1. The van der Waals surface area contributed by atoms with Crippen molar-refractivity contribution in [3.63, 3.8) is 0 Å². The third-order valence-electron chi connectivity index (χ3n) is 5.23. The van der Waals surface area contributed by atoms with Crippen molar-refractivity contribution in [3.05, 3.63) is 47.0 Å². The first-order chi connectivity index (χ1) is 12.6. The lowest BCUT2D eigenvalue weighted by Gasteiger charge is -2.32. The molecule has 6 nitrogen and oxygen atoms in total. The van der Waals surface area contributed by atoms with E-state index in [9.17, 15) is 19.1 Å². The second-order valence-electron chi connectivity index (χ2n) is 6.87. The molecule has 1 N–H and O–H groups in total. The highest BCUT2D eigenvalue weighted by atomic mass is 19.1. The second-order valence-corrected chi connectivity index (χ2v) is 6.87. The van der Waals surface area contributed by atoms with Crippen LogP contribution >= 0.6 is 0 Å². The topological polar surface area (TPSA) is 75.4 Å². The van der Waals surface area contributed by atoms with Gasteiger partial charge in [0, 0.05) is 17.8 Å². The molecular formula is C19H20FN3O3. The number of carboxylic acid groups (broad SMARTS) is 1. The number of carbonyl (C=O) groups is 2. The number of aromatic nitrogens is 2. The summed E-state index contributed by atoms with van der Waals surface area (Å²) >= 11 is 0. The smallest absolute Gasteiger partial charge is 0.326 e. The number of carboxylic acids is 1. The molecule has 2 aromatic rings. The number of amides is 1. The molecule has 1 aliphatic carbocycles. The van der Waals surface area contributed by atoms with Gasteiger partial charge in [-0.25, -0.2) is 13.9 Å². The lowest BCUT2D eigenvalue weighted by molar-refractivity contribution is -0.143. The van der Waals surface area contributed by atoms with E-state index >= 15 is 0 Å². The highest BCUT2D eigenvalue weighted by Crippen LogP contribution is 2.30. The minimum atomic E-state index is -0.973. The van der Waals surface area contributed by atoms with Crippen molar-refractivity contribution in [1.29, 1.82) is 0 Å². The molecular weight excluding hydrogens is 337 g/mol. The fourth-order valence-corrected chi connectivity index (χ4v) is 4.00. The van der Waals surface area contributed by atoms with Gasteiger partial charge in [0.2, 0.25) is 0 Å². The first kappa shape index (κ1) is 16.8. The van der Waals surface area contributed by atoms with Crippen molar-refractivity contribution in [2.45, 2.75) is 44.6 Å². The Morgan fingerprint density at radius 1 is 1.19 bits per heavy atom. The lowest BCUT2D eigenvalue weighted by atomic mass is 10.0. The van der Waals surface area contributed by atoms with E-state index < -0.39 is 12.0 Å². The third kappa shape index (κ3) is 2.77. The number of aliphatic carboxylic acids is 1. The molecule has 1 unspecified atom stereocenters. The molecule has 2 heterocycles. The Labute approximate surface area is 150 Å². The van der Waals surface area contributed by atoms with Gasteiger partial charge in [0.15, 0.2) is 5.69 Å². The number of rotatable bonds is 3. The molecule has 1 fully saturated rings. The minimum absolute atomic E-state index is 0.315. The fourth-order valence-electron chi connectivity index (χ4n) is 4.00. The summed E-state index contributed by atoms with van der Waals surface area (Å²) in [6.07, 6.45) is 4.48. The van der Waals surface area contributed by atoms with Crippen LogP contribution in [0.2, 0.25) is 0 Å². The van der Waals surface area contributed by atoms with Crippen LogP contribution in [0.4, 0.5) is 4.39 Å². The Bertz CT molecular complexity index is 877. The van der Waals surface area contributed by atoms with Gasteiger partial charge in [-0.2, -0.15) is 5.10 Å². The van der Waals surface area contributed by atoms with Crippen molar-refractivity contribution >= 4 is 11.9 Å². The summed E-state index contributed by atoms with van der Waals surface area (Å²) in [6, 6.07) is 5.32. The quantitative estimate of drug-likeness (QED) is 0.916. The molecule has 0 bridgehead atoms. The Balaban J connectivity index is 1.74. The molecule has 0 radical (unpaired) electrons. The minimum Gasteiger partial charge on any atom is -0.480 e. The molecule has 136 valence electrons. The lowest BCUT2D eigenvalue weighted by Crippen LogP contribution is -2.48. The molecule has 1 aromatic heterocycles. The fraction of sp³-hybridized carbons (Fsp3) is 0.421. The molecule has 1 amide bonds. The monoisotopic (exact) mass is 357 g/mol. The first-order valence-corrected chi connectivity index (χ1v) is 8.97. The summed E-state index contributed by atoms with van der Waals surface area (Å²) in [5.41, 5.74) is 2.68. The number of piperidine rings is 1. The van der Waals surface area contributed by atoms with Gasteiger partial charge in [-0.05, 0) is 56.7 Å². The van der Waals surface area contributed by atoms with E-state index in [-0.39, 0.29) is 11.7 Å². The van der Waals surface area contributed by atoms with Gasteiger partial charge < -0.3 is 10.0 Å². The molecule has 26 heavy (non-hydrogen) atoms. The number of carbonyl (C=O) groups excluding carboxylic acids is 1. The van der Waals surface area contributed by atoms with E-state index in [0.717, 1.165) is 43.4 Å². The summed E-state index contributed by atoms with van der Waals surface area (Å²) < 4.78 is 15.3. The molecule has 1 atom stereocenters. The van der Waals surface area contributed by atoms with E-state index in [0.29, 0.717) is 24.3 Å². The van der Waals surface area contributed by atoms with Crippen molar-refractivity contribution < 1.29 is 19.1 Å². The van der Waals surface area contributed by atoms with Gasteiger partial charge in [-0.15, -0.1) is 0 Å². The van der Waals surface area contributed by atoms with Gasteiger partial charge in [0.25, 0.3) is 5.91 Å². The van der Waals surface area contributed by atoms with Crippen LogP contribution in [0, 0.1) is 5.82 Å². The van der Waals surface area contributed by atoms with Crippen LogP contribution in [0.5, 0.6) is 0 Å². The standard InChI is InChI=1S/C19H20FN3O3/c20-12-5-3-6-13(11-12)23-15-9-4-7-14(15)17(21-23)18(24)22-10-2-1-8-16(22)19(25)26/h3,5-6,11,16H,1-2,4,7-10H2,(H,25,26). The van der Waals surface area contributed by atoms with Crippen LogP contribution in [0.3, 0.4) is 0 Å². The third-order valence-corrected chi connectivity index (χ3v) is 5.23. The first-order valence-electron chi connectivity index (χ1n) is 8.97. The molecule has 4 rings (SSSR count). The largest absolute Gasteiger partial charge is 0.480 e. The zero-order valence-electron chi connectivity index (χ0n) is 14.3. The predicted molar refractivity (Wildman–Crippen MR) is 91.9 cm³/mol. The molecule has 1 aliphatic heterocycles. The van der Waals surface area contributed by atoms with Crippen LogP contribution in [0.15, 0.2) is 24.3 Å². The molecule has 0 saturated carbocycles. The van der Waals surface area contributed by atoms with E-state index in [4.69, 9.17) is 0 Å². The van der Waals surface area contributed by atoms with E-state index in [1.165, 1.54) is 17.0 Å². The van der Waals surface area contributed by atoms with E-state index in [2.05, 4.69) is 5.10 Å².